The van der Waals surface area contributed by atoms with E-state index in [1.54, 1.807) is 7.11 Å². The van der Waals surface area contributed by atoms with Crippen LogP contribution < -0.4 is 4.74 Å². The van der Waals surface area contributed by atoms with Gasteiger partial charge >= 0.3 is 0 Å². The maximum absolute atomic E-state index is 5.35. The molecule has 0 spiro atoms. The number of nitrogens with zero attached hydrogens (tertiary/aromatic N) is 1. The van der Waals surface area contributed by atoms with Gasteiger partial charge in [0.15, 0.2) is 0 Å². The van der Waals surface area contributed by atoms with Crippen molar-refractivity contribution in [2.75, 3.05) is 20.3 Å². The molecule has 0 bridgehead atoms. The van der Waals surface area contributed by atoms with Gasteiger partial charge < -0.3 is 14.0 Å². The Morgan fingerprint density at radius 3 is 2.88 bits per heavy atom. The van der Waals surface area contributed by atoms with Crippen LogP contribution in [0.1, 0.15) is 13.3 Å². The summed E-state index contributed by atoms with van der Waals surface area (Å²) < 4.78 is 12.8. The number of benzene rings is 1. The van der Waals surface area contributed by atoms with Crippen LogP contribution in [0.5, 0.6) is 5.75 Å². The zero-order valence-electron chi connectivity index (χ0n) is 10.5. The van der Waals surface area contributed by atoms with Gasteiger partial charge in [-0.1, -0.05) is 0 Å². The highest BCUT2D eigenvalue weighted by molar-refractivity contribution is 5.81. The second kappa shape index (κ2) is 5.73. The fourth-order valence-electron chi connectivity index (χ4n) is 1.98. The summed E-state index contributed by atoms with van der Waals surface area (Å²) in [7, 11) is 1.69. The highest BCUT2D eigenvalue weighted by atomic mass is 16.5. The van der Waals surface area contributed by atoms with E-state index in [9.17, 15) is 0 Å². The van der Waals surface area contributed by atoms with E-state index >= 15 is 0 Å². The van der Waals surface area contributed by atoms with E-state index in [1.807, 2.05) is 13.0 Å². The van der Waals surface area contributed by atoms with Gasteiger partial charge in [0.05, 0.1) is 7.11 Å². The van der Waals surface area contributed by atoms with Crippen LogP contribution in [0.15, 0.2) is 30.5 Å². The third-order valence-electron chi connectivity index (χ3n) is 2.87. The van der Waals surface area contributed by atoms with Crippen LogP contribution in [0.2, 0.25) is 0 Å². The maximum Gasteiger partial charge on any atom is 0.119 e. The molecule has 2 rings (SSSR count). The summed E-state index contributed by atoms with van der Waals surface area (Å²) in [4.78, 5) is 0. The fraction of sp³-hybridized carbons (Fsp3) is 0.429. The van der Waals surface area contributed by atoms with Crippen molar-refractivity contribution in [3.63, 3.8) is 0 Å². The molecule has 1 heterocycles. The Morgan fingerprint density at radius 1 is 1.24 bits per heavy atom. The molecule has 0 amide bonds. The summed E-state index contributed by atoms with van der Waals surface area (Å²) in [6.07, 6.45) is 3.17. The van der Waals surface area contributed by atoms with Gasteiger partial charge in [-0.3, -0.25) is 0 Å². The minimum atomic E-state index is 0.795. The lowest BCUT2D eigenvalue weighted by Crippen LogP contribution is -2.01. The third-order valence-corrected chi connectivity index (χ3v) is 2.87. The van der Waals surface area contributed by atoms with Crippen LogP contribution in [-0.4, -0.2) is 24.9 Å². The molecule has 0 N–H and O–H groups in total. The van der Waals surface area contributed by atoms with Gasteiger partial charge in [0.1, 0.15) is 5.75 Å². The normalized spacial score (nSPS) is 10.9. The average molecular weight is 233 g/mol. The van der Waals surface area contributed by atoms with Gasteiger partial charge in [0.25, 0.3) is 0 Å². The molecule has 0 atom stereocenters. The van der Waals surface area contributed by atoms with E-state index in [2.05, 4.69) is 29.0 Å². The van der Waals surface area contributed by atoms with Crippen molar-refractivity contribution in [2.45, 2.75) is 19.9 Å². The average Bonchev–Trinajstić information content (AvgIpc) is 2.77. The van der Waals surface area contributed by atoms with Crippen molar-refractivity contribution in [3.05, 3.63) is 30.5 Å². The molecule has 17 heavy (non-hydrogen) atoms. The molecule has 0 aliphatic rings. The van der Waals surface area contributed by atoms with Crippen molar-refractivity contribution >= 4 is 10.9 Å². The first-order chi connectivity index (χ1) is 8.35. The third kappa shape index (κ3) is 2.80. The summed E-state index contributed by atoms with van der Waals surface area (Å²) in [5, 5.41) is 1.22. The molecular formula is C14H19NO2. The molecule has 1 aromatic heterocycles. The SMILES string of the molecule is CCOCCCn1ccc2cc(OC)ccc21. The quantitative estimate of drug-likeness (QED) is 0.716. The molecule has 3 nitrogen and oxygen atoms in total. The van der Waals surface area contributed by atoms with Crippen molar-refractivity contribution in [3.8, 4) is 5.75 Å². The first-order valence-electron chi connectivity index (χ1n) is 6.05. The van der Waals surface area contributed by atoms with Gasteiger partial charge in [0.2, 0.25) is 0 Å². The van der Waals surface area contributed by atoms with Gasteiger partial charge in [-0.25, -0.2) is 0 Å². The first kappa shape index (κ1) is 12.0. The second-order valence-corrected chi connectivity index (χ2v) is 3.98. The molecule has 0 aliphatic heterocycles. The number of fused-ring (bicyclic) bond motifs is 1. The smallest absolute Gasteiger partial charge is 0.119 e. The Morgan fingerprint density at radius 2 is 2.12 bits per heavy atom. The molecule has 1 aromatic carbocycles. The van der Waals surface area contributed by atoms with E-state index in [0.717, 1.165) is 31.9 Å². The number of rotatable bonds is 6. The lowest BCUT2D eigenvalue weighted by molar-refractivity contribution is 0.142. The number of hydrogen-bond acceptors (Lipinski definition) is 2. The highest BCUT2D eigenvalue weighted by Gasteiger charge is 2.02. The van der Waals surface area contributed by atoms with Gasteiger partial charge in [-0.05, 0) is 37.6 Å². The summed E-state index contributed by atoms with van der Waals surface area (Å²) in [5.74, 6) is 0.907. The van der Waals surface area contributed by atoms with Crippen molar-refractivity contribution in [1.29, 1.82) is 0 Å². The number of ether oxygens (including phenoxy) is 2. The van der Waals surface area contributed by atoms with E-state index < -0.39 is 0 Å². The highest BCUT2D eigenvalue weighted by Crippen LogP contribution is 2.21. The Kier molecular flexibility index (Phi) is 4.04. The molecule has 92 valence electrons. The number of aryl methyl sites for hydroxylation is 1. The second-order valence-electron chi connectivity index (χ2n) is 3.98. The minimum absolute atomic E-state index is 0.795. The molecule has 0 saturated carbocycles. The lowest BCUT2D eigenvalue weighted by atomic mass is 10.2. The summed E-state index contributed by atoms with van der Waals surface area (Å²) >= 11 is 0. The summed E-state index contributed by atoms with van der Waals surface area (Å²) in [6, 6.07) is 8.29. The summed E-state index contributed by atoms with van der Waals surface area (Å²) in [5.41, 5.74) is 1.25. The summed E-state index contributed by atoms with van der Waals surface area (Å²) in [6.45, 7) is 4.64. The molecule has 0 radical (unpaired) electrons. The number of methoxy groups -OCH3 is 1. The molecule has 0 unspecified atom stereocenters. The topological polar surface area (TPSA) is 23.4 Å². The largest absolute Gasteiger partial charge is 0.497 e. The Bertz CT molecular complexity index is 476. The molecule has 3 heteroatoms. The van der Waals surface area contributed by atoms with Gasteiger partial charge in [0, 0.05) is 36.9 Å². The van der Waals surface area contributed by atoms with Crippen LogP contribution in [0, 0.1) is 0 Å². The van der Waals surface area contributed by atoms with Crippen LogP contribution in [0.4, 0.5) is 0 Å². The fourth-order valence-corrected chi connectivity index (χ4v) is 1.98. The Labute approximate surface area is 102 Å². The number of hydrogen-bond donors (Lipinski definition) is 0. The zero-order chi connectivity index (χ0) is 12.1. The molecule has 0 aliphatic carbocycles. The van der Waals surface area contributed by atoms with E-state index in [0.29, 0.717) is 0 Å². The van der Waals surface area contributed by atoms with E-state index in [-0.39, 0.29) is 0 Å². The lowest BCUT2D eigenvalue weighted by Gasteiger charge is -2.06. The van der Waals surface area contributed by atoms with Crippen LogP contribution in [-0.2, 0) is 11.3 Å². The van der Waals surface area contributed by atoms with Gasteiger partial charge in [-0.2, -0.15) is 0 Å². The van der Waals surface area contributed by atoms with E-state index in [4.69, 9.17) is 9.47 Å². The monoisotopic (exact) mass is 233 g/mol. The van der Waals surface area contributed by atoms with Crippen LogP contribution in [0.3, 0.4) is 0 Å². The first-order valence-corrected chi connectivity index (χ1v) is 6.05. The van der Waals surface area contributed by atoms with Crippen molar-refractivity contribution < 1.29 is 9.47 Å². The predicted octanol–water partition coefficient (Wildman–Crippen LogP) is 3.08. The Balaban J connectivity index is 2.08. The Hall–Kier alpha value is -1.48. The molecule has 0 saturated heterocycles. The van der Waals surface area contributed by atoms with Crippen molar-refractivity contribution in [2.24, 2.45) is 0 Å². The molecular weight excluding hydrogens is 214 g/mol. The van der Waals surface area contributed by atoms with E-state index in [1.165, 1.54) is 10.9 Å². The minimum Gasteiger partial charge on any atom is -0.497 e. The van der Waals surface area contributed by atoms with Gasteiger partial charge in [-0.15, -0.1) is 0 Å². The van der Waals surface area contributed by atoms with Crippen LogP contribution in [0.25, 0.3) is 10.9 Å². The maximum atomic E-state index is 5.35. The number of aromatic nitrogens is 1. The predicted molar refractivity (Wildman–Crippen MR) is 69.6 cm³/mol. The standard InChI is InChI=1S/C14H19NO2/c1-3-17-10-4-8-15-9-7-12-11-13(16-2)5-6-14(12)15/h5-7,9,11H,3-4,8,10H2,1-2H3. The molecule has 2 aromatic rings. The van der Waals surface area contributed by atoms with Crippen molar-refractivity contribution in [1.82, 2.24) is 4.57 Å². The molecule has 0 fully saturated rings. The van der Waals surface area contributed by atoms with Crippen LogP contribution >= 0.6 is 0 Å². The zero-order valence-corrected chi connectivity index (χ0v) is 10.5.